The van der Waals surface area contributed by atoms with E-state index >= 15 is 0 Å². The van der Waals surface area contributed by atoms with E-state index in [2.05, 4.69) is 10.6 Å². The zero-order valence-electron chi connectivity index (χ0n) is 9.62. The Kier molecular flexibility index (Phi) is 4.33. The van der Waals surface area contributed by atoms with Crippen molar-refractivity contribution < 1.29 is 9.59 Å². The van der Waals surface area contributed by atoms with E-state index in [0.717, 1.165) is 0 Å². The lowest BCUT2D eigenvalue weighted by molar-refractivity contribution is -0.117. The summed E-state index contributed by atoms with van der Waals surface area (Å²) in [4.78, 5) is 22.0. The quantitative estimate of drug-likeness (QED) is 0.536. The number of hydrogen-bond acceptors (Lipinski definition) is 4. The monoisotopic (exact) mass is 236 g/mol. The Hall–Kier alpha value is -2.24. The number of rotatable bonds is 5. The first kappa shape index (κ1) is 12.8. The molecule has 0 atom stereocenters. The highest BCUT2D eigenvalue weighted by atomic mass is 16.1. The molecule has 2 amide bonds. The molecule has 6 nitrogen and oxygen atoms in total. The molecule has 6 N–H and O–H groups in total. The van der Waals surface area contributed by atoms with Gasteiger partial charge in [0.25, 0.3) is 5.91 Å². The maximum atomic E-state index is 11.4. The second kappa shape index (κ2) is 5.74. The molecule has 0 saturated carbocycles. The van der Waals surface area contributed by atoms with E-state index in [1.54, 1.807) is 25.2 Å². The molecule has 0 unspecified atom stereocenters. The Balaban J connectivity index is 2.76. The maximum absolute atomic E-state index is 11.4. The summed E-state index contributed by atoms with van der Waals surface area (Å²) in [6.45, 7) is 0.386. The Bertz CT molecular complexity index is 431. The van der Waals surface area contributed by atoms with E-state index in [9.17, 15) is 9.59 Å². The summed E-state index contributed by atoms with van der Waals surface area (Å²) < 4.78 is 0. The van der Waals surface area contributed by atoms with Gasteiger partial charge in [0.15, 0.2) is 0 Å². The normalized spacial score (nSPS) is 9.71. The zero-order valence-corrected chi connectivity index (χ0v) is 9.62. The average Bonchev–Trinajstić information content (AvgIpc) is 2.30. The summed E-state index contributed by atoms with van der Waals surface area (Å²) in [5, 5.41) is 5.48. The number of anilines is 2. The van der Waals surface area contributed by atoms with Gasteiger partial charge < -0.3 is 22.1 Å². The Morgan fingerprint density at radius 2 is 2.06 bits per heavy atom. The van der Waals surface area contributed by atoms with E-state index in [1.165, 1.54) is 0 Å². The van der Waals surface area contributed by atoms with Crippen LogP contribution in [0.5, 0.6) is 0 Å². The fourth-order valence-corrected chi connectivity index (χ4v) is 1.32. The van der Waals surface area contributed by atoms with Crippen LogP contribution in [0.3, 0.4) is 0 Å². The lowest BCUT2D eigenvalue weighted by atomic mass is 10.1. The molecule has 0 spiro atoms. The summed E-state index contributed by atoms with van der Waals surface area (Å²) in [5.74, 6) is -0.582. The van der Waals surface area contributed by atoms with E-state index in [4.69, 9.17) is 11.5 Å². The number of carbonyl (C=O) groups excluding carboxylic acids is 2. The van der Waals surface area contributed by atoms with Gasteiger partial charge in [0.05, 0.1) is 11.4 Å². The van der Waals surface area contributed by atoms with Gasteiger partial charge in [0, 0.05) is 25.6 Å². The molecule has 0 fully saturated rings. The molecule has 0 aliphatic carbocycles. The summed E-state index contributed by atoms with van der Waals surface area (Å²) >= 11 is 0. The standard InChI is InChI=1S/C11H16N4O2/c1-14-11(17)7-2-3-8(12)9(6-7)15-5-4-10(13)16/h2-3,6,15H,4-5,12H2,1H3,(H2,13,16)(H,14,17). The molecule has 1 aromatic carbocycles. The van der Waals surface area contributed by atoms with Crippen LogP contribution in [0.1, 0.15) is 16.8 Å². The van der Waals surface area contributed by atoms with Crippen molar-refractivity contribution in [2.45, 2.75) is 6.42 Å². The first-order valence-electron chi connectivity index (χ1n) is 5.18. The van der Waals surface area contributed by atoms with Crippen molar-refractivity contribution in [1.29, 1.82) is 0 Å². The van der Waals surface area contributed by atoms with E-state index in [0.29, 0.717) is 23.5 Å². The van der Waals surface area contributed by atoms with Gasteiger partial charge in [-0.05, 0) is 18.2 Å². The van der Waals surface area contributed by atoms with Gasteiger partial charge in [-0.3, -0.25) is 9.59 Å². The van der Waals surface area contributed by atoms with Crippen LogP contribution < -0.4 is 22.1 Å². The zero-order chi connectivity index (χ0) is 12.8. The molecule has 0 bridgehead atoms. The predicted octanol–water partition coefficient (Wildman–Crippen LogP) is -0.0843. The van der Waals surface area contributed by atoms with Crippen molar-refractivity contribution >= 4 is 23.2 Å². The molecule has 0 heterocycles. The minimum atomic E-state index is -0.390. The molecule has 0 aromatic heterocycles. The smallest absolute Gasteiger partial charge is 0.251 e. The third kappa shape index (κ3) is 3.67. The predicted molar refractivity (Wildman–Crippen MR) is 66.5 cm³/mol. The number of nitrogens with two attached hydrogens (primary N) is 2. The fourth-order valence-electron chi connectivity index (χ4n) is 1.32. The van der Waals surface area contributed by atoms with Crippen molar-refractivity contribution in [3.63, 3.8) is 0 Å². The lowest BCUT2D eigenvalue weighted by Crippen LogP contribution is -2.19. The van der Waals surface area contributed by atoms with E-state index in [1.807, 2.05) is 0 Å². The van der Waals surface area contributed by atoms with Crippen molar-refractivity contribution in [2.75, 3.05) is 24.6 Å². The average molecular weight is 236 g/mol. The highest BCUT2D eigenvalue weighted by Crippen LogP contribution is 2.19. The van der Waals surface area contributed by atoms with Gasteiger partial charge in [0.2, 0.25) is 5.91 Å². The van der Waals surface area contributed by atoms with Gasteiger partial charge in [-0.1, -0.05) is 0 Å². The van der Waals surface area contributed by atoms with Crippen LogP contribution in [0.4, 0.5) is 11.4 Å². The van der Waals surface area contributed by atoms with Crippen LogP contribution >= 0.6 is 0 Å². The number of amides is 2. The number of hydrogen-bond donors (Lipinski definition) is 4. The summed E-state index contributed by atoms with van der Waals surface area (Å²) in [5.41, 5.74) is 12.4. The van der Waals surface area contributed by atoms with Crippen molar-refractivity contribution in [2.24, 2.45) is 5.73 Å². The van der Waals surface area contributed by atoms with Gasteiger partial charge in [-0.2, -0.15) is 0 Å². The van der Waals surface area contributed by atoms with Crippen LogP contribution in [0.15, 0.2) is 18.2 Å². The highest BCUT2D eigenvalue weighted by molar-refractivity contribution is 5.96. The Labute approximate surface area is 99.4 Å². The number of primary amides is 1. The minimum absolute atomic E-state index is 0.192. The summed E-state index contributed by atoms with van der Waals surface area (Å²) in [7, 11) is 1.55. The van der Waals surface area contributed by atoms with Crippen molar-refractivity contribution in [1.82, 2.24) is 5.32 Å². The minimum Gasteiger partial charge on any atom is -0.397 e. The maximum Gasteiger partial charge on any atom is 0.251 e. The van der Waals surface area contributed by atoms with Crippen molar-refractivity contribution in [3.05, 3.63) is 23.8 Å². The SMILES string of the molecule is CNC(=O)c1ccc(N)c(NCCC(N)=O)c1. The van der Waals surface area contributed by atoms with Crippen LogP contribution in [0.2, 0.25) is 0 Å². The first-order chi connectivity index (χ1) is 8.04. The molecule has 6 heteroatoms. The highest BCUT2D eigenvalue weighted by Gasteiger charge is 2.06. The van der Waals surface area contributed by atoms with Gasteiger partial charge >= 0.3 is 0 Å². The largest absolute Gasteiger partial charge is 0.397 e. The second-order valence-corrected chi connectivity index (χ2v) is 3.52. The molecule has 0 saturated heterocycles. The first-order valence-corrected chi connectivity index (χ1v) is 5.18. The number of benzene rings is 1. The number of nitrogen functional groups attached to an aromatic ring is 1. The Morgan fingerprint density at radius 3 is 2.65 bits per heavy atom. The molecule has 0 radical (unpaired) electrons. The molecule has 0 aliphatic heterocycles. The summed E-state index contributed by atoms with van der Waals surface area (Å²) in [6.07, 6.45) is 0.212. The van der Waals surface area contributed by atoms with Crippen LogP contribution in [-0.2, 0) is 4.79 Å². The third-order valence-corrected chi connectivity index (χ3v) is 2.23. The fraction of sp³-hybridized carbons (Fsp3) is 0.273. The van der Waals surface area contributed by atoms with Gasteiger partial charge in [-0.15, -0.1) is 0 Å². The molecule has 17 heavy (non-hydrogen) atoms. The Morgan fingerprint density at radius 1 is 1.35 bits per heavy atom. The second-order valence-electron chi connectivity index (χ2n) is 3.52. The third-order valence-electron chi connectivity index (χ3n) is 2.23. The number of carbonyl (C=O) groups is 2. The van der Waals surface area contributed by atoms with Crippen LogP contribution in [0.25, 0.3) is 0 Å². The van der Waals surface area contributed by atoms with Crippen LogP contribution in [-0.4, -0.2) is 25.4 Å². The number of nitrogens with one attached hydrogen (secondary N) is 2. The molecule has 1 rings (SSSR count). The molecular weight excluding hydrogens is 220 g/mol. The topological polar surface area (TPSA) is 110 Å². The molecular formula is C11H16N4O2. The molecule has 1 aromatic rings. The lowest BCUT2D eigenvalue weighted by Gasteiger charge is -2.10. The van der Waals surface area contributed by atoms with Gasteiger partial charge in [0.1, 0.15) is 0 Å². The molecule has 92 valence electrons. The van der Waals surface area contributed by atoms with Crippen molar-refractivity contribution in [3.8, 4) is 0 Å². The molecule has 0 aliphatic rings. The summed E-state index contributed by atoms with van der Waals surface area (Å²) in [6, 6.07) is 4.90. The van der Waals surface area contributed by atoms with E-state index < -0.39 is 5.91 Å². The van der Waals surface area contributed by atoms with Crippen LogP contribution in [0, 0.1) is 0 Å². The van der Waals surface area contributed by atoms with Gasteiger partial charge in [-0.25, -0.2) is 0 Å². The van der Waals surface area contributed by atoms with E-state index in [-0.39, 0.29) is 12.3 Å².